The van der Waals surface area contributed by atoms with Crippen LogP contribution in [0.5, 0.6) is 0 Å². The number of carboxylic acid groups (broad SMARTS) is 1. The van der Waals surface area contributed by atoms with Crippen LogP contribution in [0.4, 0.5) is 5.69 Å². The molecule has 86 valence electrons. The molecule has 6 heteroatoms. The van der Waals surface area contributed by atoms with E-state index in [1.807, 2.05) is 0 Å². The Labute approximate surface area is 92.2 Å². The second kappa shape index (κ2) is 5.13. The van der Waals surface area contributed by atoms with Gasteiger partial charge in [-0.1, -0.05) is 0 Å². The number of hydrogen-bond acceptors (Lipinski definition) is 4. The van der Waals surface area contributed by atoms with Crippen molar-refractivity contribution >= 4 is 17.6 Å². The van der Waals surface area contributed by atoms with Gasteiger partial charge in [-0.2, -0.15) is 0 Å². The first kappa shape index (κ1) is 12.0. The SMILES string of the molecule is NC(=O)c1ccc(NCC(N)C(=O)O)cc1. The molecule has 0 radical (unpaired) electrons. The molecule has 1 aromatic rings. The topological polar surface area (TPSA) is 118 Å². The molecule has 0 saturated carbocycles. The first-order chi connectivity index (χ1) is 7.50. The molecule has 0 fully saturated rings. The van der Waals surface area contributed by atoms with Crippen LogP contribution in [0.1, 0.15) is 10.4 Å². The van der Waals surface area contributed by atoms with Crippen molar-refractivity contribution in [2.75, 3.05) is 11.9 Å². The Hall–Kier alpha value is -2.08. The van der Waals surface area contributed by atoms with Gasteiger partial charge >= 0.3 is 5.97 Å². The van der Waals surface area contributed by atoms with Gasteiger partial charge in [-0.25, -0.2) is 0 Å². The summed E-state index contributed by atoms with van der Waals surface area (Å²) in [7, 11) is 0. The Morgan fingerprint density at radius 1 is 1.31 bits per heavy atom. The minimum atomic E-state index is -1.07. The van der Waals surface area contributed by atoms with Crippen molar-refractivity contribution in [2.45, 2.75) is 6.04 Å². The highest BCUT2D eigenvalue weighted by Crippen LogP contribution is 2.08. The molecule has 1 atom stereocenters. The van der Waals surface area contributed by atoms with Crippen LogP contribution in [0.2, 0.25) is 0 Å². The molecule has 0 heterocycles. The highest BCUT2D eigenvalue weighted by molar-refractivity contribution is 5.93. The third kappa shape index (κ3) is 3.25. The number of anilines is 1. The smallest absolute Gasteiger partial charge is 0.322 e. The van der Waals surface area contributed by atoms with Gasteiger partial charge in [0.1, 0.15) is 6.04 Å². The van der Waals surface area contributed by atoms with Crippen molar-refractivity contribution in [1.29, 1.82) is 0 Å². The summed E-state index contributed by atoms with van der Waals surface area (Å²) in [4.78, 5) is 21.2. The number of rotatable bonds is 5. The van der Waals surface area contributed by atoms with Gasteiger partial charge in [0.25, 0.3) is 0 Å². The average molecular weight is 223 g/mol. The first-order valence-corrected chi connectivity index (χ1v) is 4.63. The largest absolute Gasteiger partial charge is 0.480 e. The lowest BCUT2D eigenvalue weighted by molar-refractivity contribution is -0.138. The summed E-state index contributed by atoms with van der Waals surface area (Å²) < 4.78 is 0. The van der Waals surface area contributed by atoms with Gasteiger partial charge < -0.3 is 21.9 Å². The lowest BCUT2D eigenvalue weighted by Crippen LogP contribution is -2.36. The Morgan fingerprint density at radius 2 is 1.88 bits per heavy atom. The Kier molecular flexibility index (Phi) is 3.84. The van der Waals surface area contributed by atoms with Crippen molar-refractivity contribution in [2.24, 2.45) is 11.5 Å². The van der Waals surface area contributed by atoms with E-state index in [9.17, 15) is 9.59 Å². The van der Waals surface area contributed by atoms with E-state index in [4.69, 9.17) is 16.6 Å². The van der Waals surface area contributed by atoms with Crippen molar-refractivity contribution in [3.05, 3.63) is 29.8 Å². The van der Waals surface area contributed by atoms with Crippen molar-refractivity contribution in [3.8, 4) is 0 Å². The molecular weight excluding hydrogens is 210 g/mol. The van der Waals surface area contributed by atoms with E-state index in [2.05, 4.69) is 5.32 Å². The summed E-state index contributed by atoms with van der Waals surface area (Å²) in [6, 6.07) is 5.41. The minimum Gasteiger partial charge on any atom is -0.480 e. The normalized spacial score (nSPS) is 11.8. The number of primary amides is 1. The minimum absolute atomic E-state index is 0.116. The van der Waals surface area contributed by atoms with Crippen LogP contribution in [0, 0.1) is 0 Å². The molecule has 16 heavy (non-hydrogen) atoms. The lowest BCUT2D eigenvalue weighted by Gasteiger charge is -2.09. The molecule has 1 aromatic carbocycles. The third-order valence-electron chi connectivity index (χ3n) is 2.01. The van der Waals surface area contributed by atoms with E-state index in [0.29, 0.717) is 11.3 Å². The maximum Gasteiger partial charge on any atom is 0.322 e. The van der Waals surface area contributed by atoms with Crippen molar-refractivity contribution in [1.82, 2.24) is 0 Å². The molecule has 0 spiro atoms. The van der Waals surface area contributed by atoms with Gasteiger partial charge in [-0.05, 0) is 24.3 Å². The Morgan fingerprint density at radius 3 is 2.31 bits per heavy atom. The van der Waals surface area contributed by atoms with E-state index in [1.54, 1.807) is 24.3 Å². The zero-order valence-electron chi connectivity index (χ0n) is 8.51. The molecule has 6 nitrogen and oxygen atoms in total. The summed E-state index contributed by atoms with van der Waals surface area (Å²) in [6.45, 7) is 0.116. The highest BCUT2D eigenvalue weighted by Gasteiger charge is 2.10. The number of nitrogens with two attached hydrogens (primary N) is 2. The highest BCUT2D eigenvalue weighted by atomic mass is 16.4. The van der Waals surface area contributed by atoms with E-state index < -0.39 is 17.9 Å². The Balaban J connectivity index is 2.56. The van der Waals surface area contributed by atoms with Gasteiger partial charge in [-0.15, -0.1) is 0 Å². The molecule has 0 aliphatic heterocycles. The third-order valence-corrected chi connectivity index (χ3v) is 2.01. The zero-order valence-corrected chi connectivity index (χ0v) is 8.51. The van der Waals surface area contributed by atoms with Crippen molar-refractivity contribution in [3.63, 3.8) is 0 Å². The van der Waals surface area contributed by atoms with Gasteiger partial charge in [-0.3, -0.25) is 9.59 Å². The fourth-order valence-corrected chi connectivity index (χ4v) is 1.07. The number of carbonyl (C=O) groups is 2. The number of carboxylic acids is 1. The van der Waals surface area contributed by atoms with Crippen LogP contribution in [-0.2, 0) is 4.79 Å². The van der Waals surface area contributed by atoms with Crippen LogP contribution in [0.15, 0.2) is 24.3 Å². The predicted octanol–water partition coefficient (Wildman–Crippen LogP) is -0.391. The molecular formula is C10H13N3O3. The molecule has 0 aliphatic carbocycles. The molecule has 0 bridgehead atoms. The average Bonchev–Trinajstić information content (AvgIpc) is 2.26. The standard InChI is InChI=1S/C10H13N3O3/c11-8(10(15)16)5-13-7-3-1-6(2-4-7)9(12)14/h1-4,8,13H,5,11H2,(H2,12,14)(H,15,16). The van der Waals surface area contributed by atoms with Crippen LogP contribution < -0.4 is 16.8 Å². The monoisotopic (exact) mass is 223 g/mol. The summed E-state index contributed by atoms with van der Waals surface area (Å²) in [5, 5.41) is 11.4. The summed E-state index contributed by atoms with van der Waals surface area (Å²) in [6.07, 6.45) is 0. The quantitative estimate of drug-likeness (QED) is 0.542. The lowest BCUT2D eigenvalue weighted by atomic mass is 10.2. The number of aliphatic carboxylic acids is 1. The first-order valence-electron chi connectivity index (χ1n) is 4.63. The van der Waals surface area contributed by atoms with Gasteiger partial charge in [0.05, 0.1) is 0 Å². The summed E-state index contributed by atoms with van der Waals surface area (Å²) >= 11 is 0. The predicted molar refractivity (Wildman–Crippen MR) is 59.1 cm³/mol. The molecule has 0 aromatic heterocycles. The second-order valence-corrected chi connectivity index (χ2v) is 3.27. The van der Waals surface area contributed by atoms with Gasteiger partial charge in [0.15, 0.2) is 0 Å². The fraction of sp³-hybridized carbons (Fsp3) is 0.200. The van der Waals surface area contributed by atoms with Crippen LogP contribution in [0.3, 0.4) is 0 Å². The second-order valence-electron chi connectivity index (χ2n) is 3.27. The number of nitrogens with one attached hydrogen (secondary N) is 1. The number of carbonyl (C=O) groups excluding carboxylic acids is 1. The van der Waals surface area contributed by atoms with E-state index in [-0.39, 0.29) is 6.54 Å². The molecule has 0 aliphatic rings. The van der Waals surface area contributed by atoms with Gasteiger partial charge in [0.2, 0.25) is 5.91 Å². The van der Waals surface area contributed by atoms with E-state index >= 15 is 0 Å². The zero-order chi connectivity index (χ0) is 12.1. The van der Waals surface area contributed by atoms with Gasteiger partial charge in [0, 0.05) is 17.8 Å². The maximum absolute atomic E-state index is 10.8. The number of hydrogen-bond donors (Lipinski definition) is 4. The molecule has 1 rings (SSSR count). The number of amides is 1. The summed E-state index contributed by atoms with van der Waals surface area (Å²) in [5.74, 6) is -1.57. The molecule has 6 N–H and O–H groups in total. The molecule has 0 saturated heterocycles. The molecule has 1 unspecified atom stereocenters. The van der Waals surface area contributed by atoms with E-state index in [1.165, 1.54) is 0 Å². The van der Waals surface area contributed by atoms with Crippen LogP contribution in [-0.4, -0.2) is 29.6 Å². The fourth-order valence-electron chi connectivity index (χ4n) is 1.07. The summed E-state index contributed by atoms with van der Waals surface area (Å²) in [5.41, 5.74) is 11.5. The van der Waals surface area contributed by atoms with E-state index in [0.717, 1.165) is 0 Å². The van der Waals surface area contributed by atoms with Crippen LogP contribution in [0.25, 0.3) is 0 Å². The number of benzene rings is 1. The molecule has 1 amide bonds. The maximum atomic E-state index is 10.8. The van der Waals surface area contributed by atoms with Crippen molar-refractivity contribution < 1.29 is 14.7 Å². The van der Waals surface area contributed by atoms with Crippen LogP contribution >= 0.6 is 0 Å². The Bertz CT molecular complexity index is 389.